The van der Waals surface area contributed by atoms with Gasteiger partial charge in [-0.2, -0.15) is 13.0 Å². The van der Waals surface area contributed by atoms with E-state index < -0.39 is 27.3 Å². The molecule has 0 bridgehead atoms. The smallest absolute Gasteiger partial charge is 0.294 e. The monoisotopic (exact) mass is 1320 g/mol. The van der Waals surface area contributed by atoms with E-state index in [1.54, 1.807) is 36.4 Å². The number of nitrogens with zero attached hydrogens (tertiary/aromatic N) is 5. The van der Waals surface area contributed by atoms with Crippen LogP contribution in [0.2, 0.25) is 0 Å². The van der Waals surface area contributed by atoms with Gasteiger partial charge in [0.15, 0.2) is 5.71 Å². The van der Waals surface area contributed by atoms with Crippen LogP contribution in [0.25, 0.3) is 21.8 Å². The summed E-state index contributed by atoms with van der Waals surface area (Å²) in [5, 5.41) is 12.4. The third-order valence-corrected chi connectivity index (χ3v) is 18.2. The highest BCUT2D eigenvalue weighted by Gasteiger charge is 2.45. The van der Waals surface area contributed by atoms with Crippen LogP contribution in [0, 0.1) is 6.92 Å². The van der Waals surface area contributed by atoms with E-state index in [0.717, 1.165) is 91.5 Å². The van der Waals surface area contributed by atoms with Crippen LogP contribution in [-0.2, 0) is 25.7 Å². The van der Waals surface area contributed by atoms with Crippen LogP contribution in [-0.4, -0.2) is 115 Å². The molecule has 3 aliphatic heterocycles. The van der Waals surface area contributed by atoms with Crippen LogP contribution in [0.15, 0.2) is 168 Å². The molecular formula is C74H89N12O9S+. The fraction of sp³-hybridized carbons (Fsp3) is 0.351. The van der Waals surface area contributed by atoms with E-state index in [0.29, 0.717) is 73.9 Å². The number of hydrogen-bond donors (Lipinski definition) is 8. The van der Waals surface area contributed by atoms with E-state index in [2.05, 4.69) is 124 Å². The maximum Gasteiger partial charge on any atom is 0.294 e. The standard InChI is InChI=1S/C74H88N12O9S/c1-7-36-85-63-32-30-55(96(90,91)92)46-59(63)74(5,6)66(85)26-10-8-11-27-67-73(3,4)58-42-50(2)29-31-62(58)86(67)38-18-9-12-28-70(87)77-35-20-37-84-49-53(82-83-84)21-17-19-39-93-54-44-51(71(88)80-68-47-64(94-40-33-75)56-22-13-15-24-60(56)78-68)43-52(45-54)72(89)81-69-48-65(95-41-34-76)57-23-14-16-25-61(57)79-69/h8,10-11,13-16,22-27,29-32,42-49,82-83H,7,9,12,17-21,28,33-41,75-76H2,1-6H3,(H3-,77,78,79,80,81,87,88,89,90,91,92)/p+1. The van der Waals surface area contributed by atoms with Gasteiger partial charge in [0.05, 0.1) is 28.0 Å². The van der Waals surface area contributed by atoms with Gasteiger partial charge in [-0.15, -0.1) is 5.53 Å². The minimum Gasteiger partial charge on any atom is -0.494 e. The first-order valence-electron chi connectivity index (χ1n) is 33.1. The number of fused-ring (bicyclic) bond motifs is 4. The number of allylic oxidation sites excluding steroid dienone is 7. The average Bonchev–Trinajstić information content (AvgIpc) is 1.59. The Bertz CT molecular complexity index is 4170. The highest BCUT2D eigenvalue weighted by atomic mass is 32.2. The molecule has 2 aromatic heterocycles. The van der Waals surface area contributed by atoms with Crippen molar-refractivity contribution in [1.82, 2.24) is 31.3 Å². The van der Waals surface area contributed by atoms with Gasteiger partial charge in [0.2, 0.25) is 11.6 Å². The summed E-state index contributed by atoms with van der Waals surface area (Å²) in [6.45, 7) is 17.2. The summed E-state index contributed by atoms with van der Waals surface area (Å²) in [6, 6.07) is 34.4. The number of hydrogen-bond acceptors (Lipinski definition) is 16. The van der Waals surface area contributed by atoms with E-state index >= 15 is 0 Å². The van der Waals surface area contributed by atoms with Crippen LogP contribution >= 0.6 is 0 Å². The van der Waals surface area contributed by atoms with E-state index in [9.17, 15) is 27.4 Å². The Morgan fingerprint density at radius 2 is 1.36 bits per heavy atom. The molecule has 7 aromatic rings. The normalized spacial score (nSPS) is 15.2. The molecule has 0 aliphatic carbocycles. The van der Waals surface area contributed by atoms with Gasteiger partial charge < -0.3 is 52.0 Å². The lowest BCUT2D eigenvalue weighted by Gasteiger charge is -2.27. The molecule has 0 saturated carbocycles. The second-order valence-electron chi connectivity index (χ2n) is 25.3. The van der Waals surface area contributed by atoms with Crippen LogP contribution in [0.1, 0.15) is 130 Å². The number of anilines is 3. The molecule has 0 unspecified atom stereocenters. The predicted octanol–water partition coefficient (Wildman–Crippen LogP) is 11.6. The molecule has 3 aliphatic rings. The number of pyridine rings is 2. The van der Waals surface area contributed by atoms with Crippen molar-refractivity contribution in [3.05, 3.63) is 191 Å². The number of carbonyl (C=O) groups is 3. The molecule has 10 rings (SSSR count). The first kappa shape index (κ1) is 69.4. The van der Waals surface area contributed by atoms with Crippen LogP contribution in [0.5, 0.6) is 17.2 Å². The van der Waals surface area contributed by atoms with Crippen LogP contribution < -0.4 is 57.5 Å². The summed E-state index contributed by atoms with van der Waals surface area (Å²) in [7, 11) is -4.34. The number of carbonyl (C=O) groups excluding carboxylic acids is 3. The quantitative estimate of drug-likeness (QED) is 0.00842. The number of ether oxygens (including phenoxy) is 3. The van der Waals surface area contributed by atoms with E-state index in [1.165, 1.54) is 34.6 Å². The molecular weight excluding hydrogens is 1230 g/mol. The van der Waals surface area contributed by atoms with Crippen LogP contribution in [0.3, 0.4) is 0 Å². The topological polar surface area (TPSA) is 281 Å². The van der Waals surface area contributed by atoms with Crippen LogP contribution in [0.4, 0.5) is 23.0 Å². The van der Waals surface area contributed by atoms with Gasteiger partial charge in [-0.1, -0.05) is 87.4 Å². The van der Waals surface area contributed by atoms with Gasteiger partial charge in [-0.3, -0.25) is 23.9 Å². The molecule has 96 heavy (non-hydrogen) atoms. The lowest BCUT2D eigenvalue weighted by molar-refractivity contribution is -0.437. The zero-order valence-corrected chi connectivity index (χ0v) is 56.5. The Hall–Kier alpha value is -9.45. The van der Waals surface area contributed by atoms with E-state index in [4.69, 9.17) is 25.7 Å². The number of unbranched alkanes of at least 4 members (excludes halogenated alkanes) is 3. The minimum absolute atomic E-state index is 0.0457. The van der Waals surface area contributed by atoms with E-state index in [-0.39, 0.29) is 52.2 Å². The number of benzene rings is 5. The maximum atomic E-state index is 14.1. The molecule has 21 nitrogen and oxygen atoms in total. The fourth-order valence-corrected chi connectivity index (χ4v) is 13.0. The second-order valence-corrected chi connectivity index (χ2v) is 26.7. The minimum atomic E-state index is -4.34. The Kier molecular flexibility index (Phi) is 22.7. The molecule has 0 spiro atoms. The Morgan fingerprint density at radius 1 is 0.698 bits per heavy atom. The lowest BCUT2D eigenvalue weighted by Crippen LogP contribution is -2.38. The average molecular weight is 1320 g/mol. The molecule has 5 aromatic carbocycles. The van der Waals surface area contributed by atoms with Crippen molar-refractivity contribution in [1.29, 1.82) is 0 Å². The number of nitrogens with two attached hydrogens (primary N) is 2. The number of nitrogens with one attached hydrogen (secondary N) is 5. The SMILES string of the molecule is CCC[N+]1=C(C=CC=CC=C2N(CCCCCC(=O)NCCCN3C=C(CCCCOc4cc(C(=O)Nc5cc(OCCN)c6ccccc6n5)cc(C(=O)Nc5cc(OCCN)c6ccccc6n5)c4)NN3)c3ccc(C)cc3C2(C)C)C(C)(C)c2cc(S(=O)(=O)O)ccc21. The van der Waals surface area contributed by atoms with Gasteiger partial charge >= 0.3 is 0 Å². The maximum absolute atomic E-state index is 14.1. The predicted molar refractivity (Wildman–Crippen MR) is 379 cm³/mol. The van der Waals surface area contributed by atoms with Gasteiger partial charge in [0, 0.05) is 126 Å². The molecule has 0 saturated heterocycles. The fourth-order valence-electron chi connectivity index (χ4n) is 12.5. The third kappa shape index (κ3) is 16.8. The molecule has 5 heterocycles. The Labute approximate surface area is 562 Å². The molecule has 22 heteroatoms. The Morgan fingerprint density at radius 3 is 2.01 bits per heavy atom. The second kappa shape index (κ2) is 31.4. The zero-order chi connectivity index (χ0) is 68.0. The van der Waals surface area contributed by atoms with Gasteiger partial charge in [-0.25, -0.2) is 9.97 Å². The summed E-state index contributed by atoms with van der Waals surface area (Å²) in [4.78, 5) is 52.8. The van der Waals surface area contributed by atoms with Crippen molar-refractivity contribution in [3.8, 4) is 17.2 Å². The van der Waals surface area contributed by atoms with Crippen molar-refractivity contribution >= 4 is 78.4 Å². The summed E-state index contributed by atoms with van der Waals surface area (Å²) in [6.07, 6.45) is 19.4. The number of para-hydroxylation sites is 2. The first-order valence-corrected chi connectivity index (χ1v) is 34.5. The highest BCUT2D eigenvalue weighted by Crippen LogP contribution is 2.48. The van der Waals surface area contributed by atoms with Crippen molar-refractivity contribution in [2.75, 3.05) is 74.6 Å². The highest BCUT2D eigenvalue weighted by molar-refractivity contribution is 7.85. The number of rotatable bonds is 32. The molecule has 3 amide bonds. The van der Waals surface area contributed by atoms with Crippen molar-refractivity contribution in [2.24, 2.45) is 11.5 Å². The van der Waals surface area contributed by atoms with Gasteiger partial charge in [-0.05, 0) is 132 Å². The van der Waals surface area contributed by atoms with Gasteiger partial charge in [0.25, 0.3) is 21.9 Å². The molecule has 0 radical (unpaired) electrons. The van der Waals surface area contributed by atoms with Crippen molar-refractivity contribution < 1.29 is 46.1 Å². The summed E-state index contributed by atoms with van der Waals surface area (Å²) in [5.74, 6) is 0.887. The summed E-state index contributed by atoms with van der Waals surface area (Å²) in [5.41, 5.74) is 27.6. The van der Waals surface area contributed by atoms with Crippen molar-refractivity contribution in [3.63, 3.8) is 0 Å². The molecule has 0 atom stereocenters. The van der Waals surface area contributed by atoms with E-state index in [1.807, 2.05) is 71.9 Å². The largest absolute Gasteiger partial charge is 0.494 e. The molecule has 0 fully saturated rings. The van der Waals surface area contributed by atoms with Gasteiger partial charge in [0.1, 0.15) is 48.6 Å². The summed E-state index contributed by atoms with van der Waals surface area (Å²) >= 11 is 0. The lowest BCUT2D eigenvalue weighted by atomic mass is 9.81. The number of hydrazine groups is 2. The molecule has 10 N–H and O–H groups in total. The zero-order valence-electron chi connectivity index (χ0n) is 55.7. The number of aromatic nitrogens is 2. The number of aryl methyl sites for hydroxylation is 1. The number of amides is 3. The third-order valence-electron chi connectivity index (χ3n) is 17.4. The summed E-state index contributed by atoms with van der Waals surface area (Å²) < 4.78 is 54.3. The first-order chi connectivity index (χ1) is 46.2. The Balaban J connectivity index is 0.679. The molecule has 504 valence electrons. The van der Waals surface area contributed by atoms with Crippen molar-refractivity contribution in [2.45, 2.75) is 115 Å².